The number of carbonyl (C=O) groups is 1. The molecule has 0 bridgehead atoms. The first-order chi connectivity index (χ1) is 11.8. The molecule has 2 saturated heterocycles. The van der Waals surface area contributed by atoms with Gasteiger partial charge in [-0.25, -0.2) is 13.8 Å². The van der Waals surface area contributed by atoms with E-state index in [2.05, 4.69) is 10.9 Å². The summed E-state index contributed by atoms with van der Waals surface area (Å²) in [6.07, 6.45) is 0.750. The molecule has 0 radical (unpaired) electrons. The van der Waals surface area contributed by atoms with Crippen LogP contribution in [0, 0.1) is 13.8 Å². The molecule has 0 saturated carbocycles. The van der Waals surface area contributed by atoms with Crippen LogP contribution in [0.25, 0.3) is 0 Å². The number of benzene rings is 1. The van der Waals surface area contributed by atoms with Gasteiger partial charge < -0.3 is 4.90 Å². The summed E-state index contributed by atoms with van der Waals surface area (Å²) in [5.41, 5.74) is 8.09. The van der Waals surface area contributed by atoms with Gasteiger partial charge in [-0.1, -0.05) is 6.07 Å². The van der Waals surface area contributed by atoms with Crippen LogP contribution >= 0.6 is 0 Å². The first-order valence-corrected chi connectivity index (χ1v) is 10.1. The second kappa shape index (κ2) is 7.03. The van der Waals surface area contributed by atoms with Gasteiger partial charge in [0.05, 0.1) is 4.90 Å². The largest absolute Gasteiger partial charge is 0.339 e. The summed E-state index contributed by atoms with van der Waals surface area (Å²) in [6, 6.07) is 5.25. The minimum Gasteiger partial charge on any atom is -0.339 e. The fourth-order valence-corrected chi connectivity index (χ4v) is 4.78. The molecule has 0 aromatic heterocycles. The smallest absolute Gasteiger partial charge is 0.243 e. The minimum atomic E-state index is -3.51. The summed E-state index contributed by atoms with van der Waals surface area (Å²) in [4.78, 5) is 14.6. The van der Waals surface area contributed by atoms with Crippen molar-refractivity contribution in [2.75, 3.05) is 26.2 Å². The predicted octanol–water partition coefficient (Wildman–Crippen LogP) is 0.391. The predicted molar refractivity (Wildman–Crippen MR) is 95.4 cm³/mol. The van der Waals surface area contributed by atoms with Crippen molar-refractivity contribution in [2.24, 2.45) is 0 Å². The lowest BCUT2D eigenvalue weighted by molar-refractivity contribution is -0.134. The normalized spacial score (nSPS) is 25.3. The van der Waals surface area contributed by atoms with Gasteiger partial charge in [0, 0.05) is 32.2 Å². The molecule has 0 spiro atoms. The molecular formula is C17H26N4O3S. The molecular weight excluding hydrogens is 340 g/mol. The SMILES string of the molecule is Cc1ccc(S(=O)(=O)N2CCN(C(=O)C3CC(C)NN3)CC2)cc1C. The topological polar surface area (TPSA) is 81.8 Å². The van der Waals surface area contributed by atoms with Crippen LogP contribution in [0.5, 0.6) is 0 Å². The van der Waals surface area contributed by atoms with Gasteiger partial charge in [0.1, 0.15) is 6.04 Å². The Morgan fingerprint density at radius 2 is 1.76 bits per heavy atom. The first-order valence-electron chi connectivity index (χ1n) is 8.66. The van der Waals surface area contributed by atoms with Gasteiger partial charge in [-0.3, -0.25) is 10.2 Å². The summed E-state index contributed by atoms with van der Waals surface area (Å²) in [7, 11) is -3.51. The molecule has 2 unspecified atom stereocenters. The standard InChI is InChI=1S/C17H26N4O3S/c1-12-4-5-15(10-13(12)2)25(23,24)21-8-6-20(7-9-21)17(22)16-11-14(3)18-19-16/h4-5,10,14,16,18-19H,6-9,11H2,1-3H3. The number of amides is 1. The van der Waals surface area contributed by atoms with E-state index in [1.165, 1.54) is 4.31 Å². The Balaban J connectivity index is 1.65. The van der Waals surface area contributed by atoms with Crippen molar-refractivity contribution >= 4 is 15.9 Å². The quantitative estimate of drug-likeness (QED) is 0.809. The van der Waals surface area contributed by atoms with Crippen LogP contribution in [-0.4, -0.2) is 61.8 Å². The fraction of sp³-hybridized carbons (Fsp3) is 0.588. The van der Waals surface area contributed by atoms with Crippen molar-refractivity contribution in [1.29, 1.82) is 0 Å². The summed E-state index contributed by atoms with van der Waals surface area (Å²) in [5, 5.41) is 0. The minimum absolute atomic E-state index is 0.0417. The monoisotopic (exact) mass is 366 g/mol. The average molecular weight is 366 g/mol. The zero-order chi connectivity index (χ0) is 18.2. The van der Waals surface area contributed by atoms with E-state index in [4.69, 9.17) is 0 Å². The number of rotatable bonds is 3. The van der Waals surface area contributed by atoms with Gasteiger partial charge in [0.15, 0.2) is 0 Å². The number of nitrogens with one attached hydrogen (secondary N) is 2. The lowest BCUT2D eigenvalue weighted by Gasteiger charge is -2.35. The Morgan fingerprint density at radius 3 is 2.32 bits per heavy atom. The van der Waals surface area contributed by atoms with Gasteiger partial charge in [-0.15, -0.1) is 0 Å². The van der Waals surface area contributed by atoms with Gasteiger partial charge in [0.2, 0.25) is 15.9 Å². The van der Waals surface area contributed by atoms with Crippen molar-refractivity contribution in [3.8, 4) is 0 Å². The summed E-state index contributed by atoms with van der Waals surface area (Å²) < 4.78 is 27.1. The van der Waals surface area contributed by atoms with E-state index < -0.39 is 10.0 Å². The molecule has 2 aliphatic heterocycles. The molecule has 0 aliphatic carbocycles. The number of aryl methyl sites for hydroxylation is 2. The van der Waals surface area contributed by atoms with E-state index in [-0.39, 0.29) is 18.0 Å². The molecule has 2 heterocycles. The number of nitrogens with zero attached hydrogens (tertiary/aromatic N) is 2. The van der Waals surface area contributed by atoms with Crippen LogP contribution in [0.4, 0.5) is 0 Å². The molecule has 1 amide bonds. The Bertz CT molecular complexity index is 757. The third-order valence-corrected chi connectivity index (χ3v) is 6.95. The van der Waals surface area contributed by atoms with Crippen LogP contribution in [0.15, 0.2) is 23.1 Å². The van der Waals surface area contributed by atoms with E-state index in [0.717, 1.165) is 17.5 Å². The van der Waals surface area contributed by atoms with E-state index in [1.54, 1.807) is 17.0 Å². The van der Waals surface area contributed by atoms with Crippen LogP contribution < -0.4 is 10.9 Å². The molecule has 2 N–H and O–H groups in total. The molecule has 138 valence electrons. The highest BCUT2D eigenvalue weighted by atomic mass is 32.2. The fourth-order valence-electron chi connectivity index (χ4n) is 3.27. The van der Waals surface area contributed by atoms with E-state index >= 15 is 0 Å². The number of hydrogen-bond acceptors (Lipinski definition) is 5. The Morgan fingerprint density at radius 1 is 1.08 bits per heavy atom. The Kier molecular flexibility index (Phi) is 5.15. The van der Waals surface area contributed by atoms with Crippen LogP contribution in [-0.2, 0) is 14.8 Å². The highest BCUT2D eigenvalue weighted by Crippen LogP contribution is 2.21. The maximum absolute atomic E-state index is 12.8. The second-order valence-corrected chi connectivity index (χ2v) is 8.89. The third kappa shape index (κ3) is 3.72. The molecule has 2 atom stereocenters. The summed E-state index contributed by atoms with van der Waals surface area (Å²) in [6.45, 7) is 7.41. The average Bonchev–Trinajstić information content (AvgIpc) is 3.03. The number of sulfonamides is 1. The molecule has 25 heavy (non-hydrogen) atoms. The molecule has 2 aliphatic rings. The van der Waals surface area contributed by atoms with Crippen molar-refractivity contribution in [1.82, 2.24) is 20.1 Å². The number of piperazine rings is 1. The molecule has 8 heteroatoms. The van der Waals surface area contributed by atoms with E-state index in [9.17, 15) is 13.2 Å². The molecule has 2 fully saturated rings. The van der Waals surface area contributed by atoms with Crippen molar-refractivity contribution < 1.29 is 13.2 Å². The van der Waals surface area contributed by atoms with Crippen LogP contribution in [0.1, 0.15) is 24.5 Å². The summed E-state index contributed by atoms with van der Waals surface area (Å²) >= 11 is 0. The number of hydrogen-bond donors (Lipinski definition) is 2. The highest BCUT2D eigenvalue weighted by molar-refractivity contribution is 7.89. The number of hydrazine groups is 1. The highest BCUT2D eigenvalue weighted by Gasteiger charge is 2.34. The van der Waals surface area contributed by atoms with E-state index in [1.807, 2.05) is 26.8 Å². The van der Waals surface area contributed by atoms with Crippen molar-refractivity contribution in [2.45, 2.75) is 44.2 Å². The van der Waals surface area contributed by atoms with Gasteiger partial charge in [-0.05, 0) is 50.5 Å². The van der Waals surface area contributed by atoms with E-state index in [0.29, 0.717) is 31.1 Å². The van der Waals surface area contributed by atoms with Crippen LogP contribution in [0.3, 0.4) is 0 Å². The zero-order valence-corrected chi connectivity index (χ0v) is 15.8. The maximum Gasteiger partial charge on any atom is 0.243 e. The molecule has 3 rings (SSSR count). The molecule has 7 nitrogen and oxygen atoms in total. The molecule has 1 aromatic carbocycles. The lowest BCUT2D eigenvalue weighted by Crippen LogP contribution is -2.54. The zero-order valence-electron chi connectivity index (χ0n) is 14.9. The lowest BCUT2D eigenvalue weighted by atomic mass is 10.1. The number of carbonyl (C=O) groups excluding carboxylic acids is 1. The first kappa shape index (κ1) is 18.3. The van der Waals surface area contributed by atoms with Crippen LogP contribution in [0.2, 0.25) is 0 Å². The second-order valence-electron chi connectivity index (χ2n) is 6.95. The summed E-state index contributed by atoms with van der Waals surface area (Å²) in [5.74, 6) is 0.0417. The molecule has 1 aromatic rings. The Labute approximate surface area is 149 Å². The van der Waals surface area contributed by atoms with Crippen molar-refractivity contribution in [3.05, 3.63) is 29.3 Å². The maximum atomic E-state index is 12.8. The van der Waals surface area contributed by atoms with Gasteiger partial charge in [0.25, 0.3) is 0 Å². The third-order valence-electron chi connectivity index (χ3n) is 5.06. The van der Waals surface area contributed by atoms with Gasteiger partial charge in [-0.2, -0.15) is 4.31 Å². The van der Waals surface area contributed by atoms with Crippen molar-refractivity contribution in [3.63, 3.8) is 0 Å². The Hall–Kier alpha value is -1.48. The van der Waals surface area contributed by atoms with Gasteiger partial charge >= 0.3 is 0 Å².